The number of ether oxygens (including phenoxy) is 1. The molecule has 1 aromatic carbocycles. The minimum absolute atomic E-state index is 0.528. The van der Waals surface area contributed by atoms with E-state index in [1.165, 1.54) is 12.1 Å². The summed E-state index contributed by atoms with van der Waals surface area (Å²) in [7, 11) is 0. The molecule has 24 heavy (non-hydrogen) atoms. The van der Waals surface area contributed by atoms with Gasteiger partial charge in [-0.15, -0.1) is 0 Å². The number of anilines is 1. The quantitative estimate of drug-likeness (QED) is 0.759. The van der Waals surface area contributed by atoms with Crippen molar-refractivity contribution in [2.45, 2.75) is 26.9 Å². The van der Waals surface area contributed by atoms with E-state index in [9.17, 15) is 0 Å². The molecule has 0 bridgehead atoms. The van der Waals surface area contributed by atoms with Crippen molar-refractivity contribution >= 4 is 5.69 Å². The van der Waals surface area contributed by atoms with Crippen LogP contribution in [0.5, 0.6) is 0 Å². The van der Waals surface area contributed by atoms with Crippen molar-refractivity contribution in [3.63, 3.8) is 0 Å². The average molecular weight is 331 g/mol. The Bertz CT molecular complexity index is 523. The molecule has 1 fully saturated rings. The molecule has 2 aromatic rings. The molecule has 0 aliphatic carbocycles. The lowest BCUT2D eigenvalue weighted by molar-refractivity contribution is 0.0871. The van der Waals surface area contributed by atoms with Gasteiger partial charge >= 0.3 is 0 Å². The van der Waals surface area contributed by atoms with Crippen molar-refractivity contribution in [1.82, 2.24) is 10.1 Å². The molecule has 0 atom stereocenters. The highest BCUT2D eigenvalue weighted by Gasteiger charge is 2.16. The van der Waals surface area contributed by atoms with Crippen LogP contribution >= 0.6 is 0 Å². The van der Waals surface area contributed by atoms with Crippen LogP contribution in [-0.2, 0) is 11.3 Å². The molecule has 132 valence electrons. The summed E-state index contributed by atoms with van der Waals surface area (Å²) in [5.74, 6) is 0. The summed E-state index contributed by atoms with van der Waals surface area (Å²) in [6.45, 7) is 10.8. The van der Waals surface area contributed by atoms with Crippen LogP contribution in [0.3, 0.4) is 0 Å². The molecule has 0 spiro atoms. The first-order valence-electron chi connectivity index (χ1n) is 8.82. The predicted molar refractivity (Wildman–Crippen MR) is 97.2 cm³/mol. The second kappa shape index (κ2) is 10.8. The maximum atomic E-state index is 5.61. The summed E-state index contributed by atoms with van der Waals surface area (Å²) >= 11 is 0. The van der Waals surface area contributed by atoms with Crippen LogP contribution in [0.4, 0.5) is 5.69 Å². The monoisotopic (exact) mass is 331 g/mol. The molecular formula is C19H29N3O2. The number of rotatable bonds is 6. The molecule has 0 amide bonds. The molecule has 1 saturated heterocycles. The lowest BCUT2D eigenvalue weighted by atomic mass is 10.2. The number of aromatic nitrogens is 1. The van der Waals surface area contributed by atoms with Crippen LogP contribution < -0.4 is 4.90 Å². The maximum Gasteiger partial charge on any atom is 0.124 e. The first kappa shape index (κ1) is 18.5. The molecule has 0 saturated carbocycles. The minimum Gasteiger partial charge on any atom is -0.374 e. The van der Waals surface area contributed by atoms with E-state index in [2.05, 4.69) is 59.1 Å². The summed E-state index contributed by atoms with van der Waals surface area (Å²) in [6.07, 6.45) is 2.82. The number of benzene rings is 1. The fourth-order valence-electron chi connectivity index (χ4n) is 2.55. The first-order valence-corrected chi connectivity index (χ1v) is 8.82. The van der Waals surface area contributed by atoms with Gasteiger partial charge in [-0.25, -0.2) is 0 Å². The lowest BCUT2D eigenvalue weighted by Gasteiger charge is -2.36. The van der Waals surface area contributed by atoms with Crippen molar-refractivity contribution < 1.29 is 9.26 Å². The van der Waals surface area contributed by atoms with Gasteiger partial charge in [0.25, 0.3) is 0 Å². The number of nitrogens with zero attached hydrogens (tertiary/aromatic N) is 3. The number of hydrogen-bond donors (Lipinski definition) is 0. The second-order valence-corrected chi connectivity index (χ2v) is 5.91. The van der Waals surface area contributed by atoms with Crippen molar-refractivity contribution in [1.29, 1.82) is 0 Å². The third kappa shape index (κ3) is 6.34. The summed E-state index contributed by atoms with van der Waals surface area (Å²) in [5.41, 5.74) is 2.17. The minimum atomic E-state index is 0.528. The van der Waals surface area contributed by atoms with E-state index in [1.54, 1.807) is 6.26 Å². The van der Waals surface area contributed by atoms with Crippen LogP contribution in [0.25, 0.3) is 0 Å². The summed E-state index contributed by atoms with van der Waals surface area (Å²) in [4.78, 5) is 4.88. The Labute approximate surface area is 145 Å². The van der Waals surface area contributed by atoms with Gasteiger partial charge in [0.2, 0.25) is 0 Å². The van der Waals surface area contributed by atoms with Gasteiger partial charge in [-0.3, -0.25) is 4.90 Å². The molecule has 3 rings (SSSR count). The molecule has 0 unspecified atom stereocenters. The fourth-order valence-corrected chi connectivity index (χ4v) is 2.55. The number of para-hydroxylation sites is 1. The standard InChI is InChI=1S/C16H21N3O2.C3H8/c1-2-4-16(5-3-1)19-9-7-18(8-10-19)11-13-20-14-15-6-12-21-17-15;1-3-2/h1-6,12H,7-11,13-14H2;3H2,1-2H3. The van der Waals surface area contributed by atoms with Crippen molar-refractivity contribution in [2.75, 3.05) is 44.2 Å². The zero-order valence-corrected chi connectivity index (χ0v) is 14.9. The van der Waals surface area contributed by atoms with Crippen LogP contribution in [0.2, 0.25) is 0 Å². The lowest BCUT2D eigenvalue weighted by Crippen LogP contribution is -2.47. The van der Waals surface area contributed by atoms with E-state index in [0.29, 0.717) is 6.61 Å². The molecular weight excluding hydrogens is 302 g/mol. The Morgan fingerprint density at radius 1 is 1.04 bits per heavy atom. The number of piperazine rings is 1. The van der Waals surface area contributed by atoms with Gasteiger partial charge in [0.1, 0.15) is 12.0 Å². The van der Waals surface area contributed by atoms with Gasteiger partial charge in [0.15, 0.2) is 0 Å². The van der Waals surface area contributed by atoms with Gasteiger partial charge in [-0.05, 0) is 12.1 Å². The Balaban J connectivity index is 0.000000647. The zero-order valence-electron chi connectivity index (χ0n) is 14.9. The zero-order chi connectivity index (χ0) is 17.0. The third-order valence-electron chi connectivity index (χ3n) is 3.79. The highest BCUT2D eigenvalue weighted by atomic mass is 16.5. The molecule has 1 aromatic heterocycles. The van der Waals surface area contributed by atoms with E-state index < -0.39 is 0 Å². The number of hydrogen-bond acceptors (Lipinski definition) is 5. The summed E-state index contributed by atoms with van der Waals surface area (Å²) < 4.78 is 10.4. The van der Waals surface area contributed by atoms with Crippen LogP contribution in [-0.4, -0.2) is 49.4 Å². The SMILES string of the molecule is CCC.c1ccc(N2CCN(CCOCc3ccon3)CC2)cc1. The van der Waals surface area contributed by atoms with E-state index in [-0.39, 0.29) is 0 Å². The molecule has 2 heterocycles. The fraction of sp³-hybridized carbons (Fsp3) is 0.526. The summed E-state index contributed by atoms with van der Waals surface area (Å²) in [6, 6.07) is 12.4. The Kier molecular flexibility index (Phi) is 8.35. The highest BCUT2D eigenvalue weighted by molar-refractivity contribution is 5.46. The van der Waals surface area contributed by atoms with Crippen LogP contribution in [0.15, 0.2) is 47.2 Å². The molecule has 5 nitrogen and oxygen atoms in total. The van der Waals surface area contributed by atoms with Crippen LogP contribution in [0.1, 0.15) is 26.0 Å². The third-order valence-corrected chi connectivity index (χ3v) is 3.79. The van der Waals surface area contributed by atoms with Crippen molar-refractivity contribution in [3.8, 4) is 0 Å². The van der Waals surface area contributed by atoms with Gasteiger partial charge in [0, 0.05) is 44.5 Å². The van der Waals surface area contributed by atoms with Gasteiger partial charge < -0.3 is 14.2 Å². The smallest absolute Gasteiger partial charge is 0.124 e. The Hall–Kier alpha value is -1.85. The van der Waals surface area contributed by atoms with E-state index in [1.807, 2.05) is 6.07 Å². The highest BCUT2D eigenvalue weighted by Crippen LogP contribution is 2.15. The predicted octanol–water partition coefficient (Wildman–Crippen LogP) is 3.43. The normalized spacial score (nSPS) is 15.0. The topological polar surface area (TPSA) is 41.7 Å². The average Bonchev–Trinajstić information content (AvgIpc) is 3.14. The molecule has 0 N–H and O–H groups in total. The van der Waals surface area contributed by atoms with Gasteiger partial charge in [0.05, 0.1) is 13.2 Å². The van der Waals surface area contributed by atoms with E-state index in [0.717, 1.165) is 45.0 Å². The van der Waals surface area contributed by atoms with Gasteiger partial charge in [-0.2, -0.15) is 0 Å². The second-order valence-electron chi connectivity index (χ2n) is 5.91. The largest absolute Gasteiger partial charge is 0.374 e. The molecule has 1 aliphatic rings. The molecule has 5 heteroatoms. The maximum absolute atomic E-state index is 5.61. The van der Waals surface area contributed by atoms with Crippen molar-refractivity contribution in [2.24, 2.45) is 0 Å². The van der Waals surface area contributed by atoms with Crippen LogP contribution in [0, 0.1) is 0 Å². The van der Waals surface area contributed by atoms with Gasteiger partial charge in [-0.1, -0.05) is 43.6 Å². The van der Waals surface area contributed by atoms with E-state index in [4.69, 9.17) is 9.26 Å². The molecule has 0 radical (unpaired) electrons. The Morgan fingerprint density at radius 2 is 1.75 bits per heavy atom. The van der Waals surface area contributed by atoms with E-state index >= 15 is 0 Å². The molecule has 1 aliphatic heterocycles. The first-order chi connectivity index (χ1) is 11.8. The van der Waals surface area contributed by atoms with Crippen molar-refractivity contribution in [3.05, 3.63) is 48.4 Å². The summed E-state index contributed by atoms with van der Waals surface area (Å²) in [5, 5.41) is 3.82. The Morgan fingerprint density at radius 3 is 2.38 bits per heavy atom.